The van der Waals surface area contributed by atoms with Gasteiger partial charge in [-0.1, -0.05) is 33.6 Å². The summed E-state index contributed by atoms with van der Waals surface area (Å²) in [5.74, 6) is -1.77. The van der Waals surface area contributed by atoms with Crippen LogP contribution in [0.3, 0.4) is 0 Å². The average Bonchev–Trinajstić information content (AvgIpc) is 2.81. The predicted octanol–water partition coefficient (Wildman–Crippen LogP) is 3.09. The molecule has 3 amide bonds. The van der Waals surface area contributed by atoms with E-state index in [4.69, 9.17) is 11.6 Å². The third-order valence-electron chi connectivity index (χ3n) is 4.34. The van der Waals surface area contributed by atoms with Crippen LogP contribution >= 0.6 is 27.5 Å². The van der Waals surface area contributed by atoms with Crippen molar-refractivity contribution < 1.29 is 22.8 Å². The van der Waals surface area contributed by atoms with Crippen molar-refractivity contribution in [3.05, 3.63) is 93.4 Å². The number of hydrogen-bond donors (Lipinski definition) is 4. The van der Waals surface area contributed by atoms with Crippen LogP contribution in [0.5, 0.6) is 0 Å². The van der Waals surface area contributed by atoms with E-state index in [0.29, 0.717) is 10.6 Å². The van der Waals surface area contributed by atoms with Gasteiger partial charge in [-0.05, 0) is 66.7 Å². The fourth-order valence-corrected chi connectivity index (χ4v) is 4.17. The van der Waals surface area contributed by atoms with E-state index in [1.165, 1.54) is 42.5 Å². The highest BCUT2D eigenvalue weighted by Gasteiger charge is 2.15. The molecule has 34 heavy (non-hydrogen) atoms. The first-order valence-corrected chi connectivity index (χ1v) is 12.3. The Labute approximate surface area is 209 Å². The van der Waals surface area contributed by atoms with Crippen molar-refractivity contribution in [2.75, 3.05) is 11.3 Å². The first kappa shape index (κ1) is 25.2. The molecule has 9 nitrogen and oxygen atoms in total. The zero-order valence-electron chi connectivity index (χ0n) is 17.3. The average molecular weight is 566 g/mol. The normalized spacial score (nSPS) is 10.8. The summed E-state index contributed by atoms with van der Waals surface area (Å²) in [7, 11) is -3.79. The summed E-state index contributed by atoms with van der Waals surface area (Å²) < 4.78 is 28.0. The minimum Gasteiger partial charge on any atom is -0.343 e. The quantitative estimate of drug-likeness (QED) is 0.327. The van der Waals surface area contributed by atoms with E-state index in [1.54, 1.807) is 30.3 Å². The molecule has 0 radical (unpaired) electrons. The number of rotatable bonds is 7. The van der Waals surface area contributed by atoms with Gasteiger partial charge in [-0.25, -0.2) is 8.42 Å². The van der Waals surface area contributed by atoms with E-state index in [1.807, 2.05) is 0 Å². The van der Waals surface area contributed by atoms with Gasteiger partial charge in [-0.15, -0.1) is 0 Å². The maximum atomic E-state index is 12.4. The van der Waals surface area contributed by atoms with E-state index < -0.39 is 27.7 Å². The smallest absolute Gasteiger partial charge is 0.269 e. The van der Waals surface area contributed by atoms with Crippen molar-refractivity contribution in [2.24, 2.45) is 0 Å². The maximum Gasteiger partial charge on any atom is 0.269 e. The van der Waals surface area contributed by atoms with Gasteiger partial charge in [0.15, 0.2) is 0 Å². The lowest BCUT2D eigenvalue weighted by Crippen LogP contribution is -2.46. The molecular weight excluding hydrogens is 548 g/mol. The second-order valence-corrected chi connectivity index (χ2v) is 9.87. The molecule has 3 aromatic rings. The molecule has 0 saturated heterocycles. The Morgan fingerprint density at radius 3 is 2.15 bits per heavy atom. The largest absolute Gasteiger partial charge is 0.343 e. The van der Waals surface area contributed by atoms with Crippen LogP contribution in [0.2, 0.25) is 5.02 Å². The van der Waals surface area contributed by atoms with Crippen molar-refractivity contribution in [2.45, 2.75) is 4.90 Å². The van der Waals surface area contributed by atoms with E-state index in [2.05, 4.69) is 36.8 Å². The predicted molar refractivity (Wildman–Crippen MR) is 131 cm³/mol. The Morgan fingerprint density at radius 2 is 1.50 bits per heavy atom. The molecule has 0 unspecified atom stereocenters. The fraction of sp³-hybridized carbons (Fsp3) is 0.0455. The Bertz CT molecular complexity index is 1320. The number of sulfonamides is 1. The molecule has 0 aliphatic heterocycles. The van der Waals surface area contributed by atoms with Crippen LogP contribution < -0.4 is 20.9 Å². The van der Waals surface area contributed by atoms with Crippen LogP contribution in [0.15, 0.2) is 82.2 Å². The third kappa shape index (κ3) is 7.04. The summed E-state index contributed by atoms with van der Waals surface area (Å²) in [4.78, 5) is 36.2. The SMILES string of the molecule is O=C(CNC(=O)c1cccc(Cl)c1)NNC(=O)c1ccc(NS(=O)(=O)c2ccc(Br)cc2)cc1. The van der Waals surface area contributed by atoms with Gasteiger partial charge >= 0.3 is 0 Å². The van der Waals surface area contributed by atoms with E-state index in [0.717, 1.165) is 4.47 Å². The molecule has 0 aliphatic carbocycles. The van der Waals surface area contributed by atoms with Crippen LogP contribution in [-0.4, -0.2) is 32.7 Å². The molecule has 0 bridgehead atoms. The highest BCUT2D eigenvalue weighted by Crippen LogP contribution is 2.19. The zero-order chi connectivity index (χ0) is 24.7. The molecule has 12 heteroatoms. The number of anilines is 1. The Balaban J connectivity index is 1.49. The number of benzene rings is 3. The van der Waals surface area contributed by atoms with Crippen molar-refractivity contribution in [1.82, 2.24) is 16.2 Å². The zero-order valence-corrected chi connectivity index (χ0v) is 20.5. The lowest BCUT2D eigenvalue weighted by Gasteiger charge is -2.10. The van der Waals surface area contributed by atoms with Crippen LogP contribution in [0.4, 0.5) is 5.69 Å². The topological polar surface area (TPSA) is 133 Å². The van der Waals surface area contributed by atoms with Crippen molar-refractivity contribution in [3.8, 4) is 0 Å². The van der Waals surface area contributed by atoms with Gasteiger partial charge < -0.3 is 5.32 Å². The van der Waals surface area contributed by atoms with Crippen LogP contribution in [0, 0.1) is 0 Å². The molecule has 0 heterocycles. The Kier molecular flexibility index (Phi) is 8.26. The molecular formula is C22H18BrClN4O5S. The number of carbonyl (C=O) groups is 3. The van der Waals surface area contributed by atoms with Gasteiger partial charge in [-0.3, -0.25) is 30.0 Å². The highest BCUT2D eigenvalue weighted by molar-refractivity contribution is 9.10. The molecule has 0 atom stereocenters. The van der Waals surface area contributed by atoms with Gasteiger partial charge in [0, 0.05) is 26.3 Å². The summed E-state index contributed by atoms with van der Waals surface area (Å²) in [5, 5.41) is 2.79. The molecule has 176 valence electrons. The van der Waals surface area contributed by atoms with Gasteiger partial charge in [0.25, 0.3) is 27.7 Å². The second-order valence-electron chi connectivity index (χ2n) is 6.83. The van der Waals surface area contributed by atoms with E-state index in [-0.39, 0.29) is 22.7 Å². The molecule has 3 rings (SSSR count). The van der Waals surface area contributed by atoms with Crippen LogP contribution in [-0.2, 0) is 14.8 Å². The highest BCUT2D eigenvalue weighted by atomic mass is 79.9. The third-order valence-corrected chi connectivity index (χ3v) is 6.50. The second kappa shape index (κ2) is 11.1. The molecule has 0 saturated carbocycles. The monoisotopic (exact) mass is 564 g/mol. The van der Waals surface area contributed by atoms with Gasteiger partial charge in [0.05, 0.1) is 11.4 Å². The van der Waals surface area contributed by atoms with Crippen molar-refractivity contribution >= 4 is 61.0 Å². The number of halogens is 2. The first-order valence-electron chi connectivity index (χ1n) is 9.65. The van der Waals surface area contributed by atoms with Gasteiger partial charge in [0.1, 0.15) is 0 Å². The Hall–Kier alpha value is -3.41. The molecule has 3 aromatic carbocycles. The van der Waals surface area contributed by atoms with Gasteiger partial charge in [0.2, 0.25) is 0 Å². The van der Waals surface area contributed by atoms with E-state index >= 15 is 0 Å². The molecule has 0 spiro atoms. The maximum absolute atomic E-state index is 12.4. The number of nitrogens with one attached hydrogen (secondary N) is 4. The van der Waals surface area contributed by atoms with Crippen LogP contribution in [0.1, 0.15) is 20.7 Å². The number of hydrogen-bond acceptors (Lipinski definition) is 5. The number of carbonyl (C=O) groups excluding carboxylic acids is 3. The summed E-state index contributed by atoms with van der Waals surface area (Å²) >= 11 is 9.07. The summed E-state index contributed by atoms with van der Waals surface area (Å²) in [6, 6.07) is 18.0. The molecule has 0 aliphatic rings. The number of amides is 3. The first-order chi connectivity index (χ1) is 16.1. The van der Waals surface area contributed by atoms with Crippen molar-refractivity contribution in [3.63, 3.8) is 0 Å². The summed E-state index contributed by atoms with van der Waals surface area (Å²) in [6.07, 6.45) is 0. The molecule has 0 fully saturated rings. The molecule has 4 N–H and O–H groups in total. The summed E-state index contributed by atoms with van der Waals surface area (Å²) in [6.45, 7) is -0.373. The fourth-order valence-electron chi connectivity index (χ4n) is 2.65. The Morgan fingerprint density at radius 1 is 0.824 bits per heavy atom. The van der Waals surface area contributed by atoms with Crippen molar-refractivity contribution in [1.29, 1.82) is 0 Å². The minimum atomic E-state index is -3.79. The summed E-state index contributed by atoms with van der Waals surface area (Å²) in [5.41, 5.74) is 5.12. The lowest BCUT2D eigenvalue weighted by atomic mass is 10.2. The number of hydrazine groups is 1. The van der Waals surface area contributed by atoms with E-state index in [9.17, 15) is 22.8 Å². The van der Waals surface area contributed by atoms with Crippen LogP contribution in [0.25, 0.3) is 0 Å². The molecule has 0 aromatic heterocycles. The lowest BCUT2D eigenvalue weighted by molar-refractivity contribution is -0.120. The standard InChI is InChI=1S/C22H18BrClN4O5S/c23-16-6-10-19(11-7-16)34(32,33)28-18-8-4-14(5-9-18)22(31)27-26-20(29)13-25-21(30)15-2-1-3-17(24)12-15/h1-12,28H,13H2,(H,25,30)(H,26,29)(H,27,31). The minimum absolute atomic E-state index is 0.0858. The van der Waals surface area contributed by atoms with Gasteiger partial charge in [-0.2, -0.15) is 0 Å².